The van der Waals surface area contributed by atoms with E-state index in [1.165, 1.54) is 6.07 Å². The van der Waals surface area contributed by atoms with E-state index >= 15 is 0 Å². The van der Waals surface area contributed by atoms with Crippen LogP contribution in [-0.4, -0.2) is 33.6 Å². The van der Waals surface area contributed by atoms with Gasteiger partial charge in [0.05, 0.1) is 0 Å². The zero-order chi connectivity index (χ0) is 13.7. The van der Waals surface area contributed by atoms with Gasteiger partial charge in [0.2, 0.25) is 0 Å². The predicted molar refractivity (Wildman–Crippen MR) is 61.5 cm³/mol. The Morgan fingerprint density at radius 3 is 2.50 bits per heavy atom. The number of hydrogen-bond acceptors (Lipinski definition) is 4. The summed E-state index contributed by atoms with van der Waals surface area (Å²) in [5, 5.41) is 18.3. The minimum Gasteiger partial charge on any atom is -0.480 e. The molecule has 0 bridgehead atoms. The Morgan fingerprint density at radius 1 is 1.39 bits per heavy atom. The minimum atomic E-state index is -1.44. The van der Waals surface area contributed by atoms with Crippen LogP contribution in [0.2, 0.25) is 0 Å². The molecule has 0 aliphatic rings. The molecule has 0 aromatic heterocycles. The molecule has 1 N–H and O–H groups in total. The first-order chi connectivity index (χ1) is 8.47. The third kappa shape index (κ3) is 3.03. The summed E-state index contributed by atoms with van der Waals surface area (Å²) in [4.78, 5) is 33.1. The van der Waals surface area contributed by atoms with Crippen molar-refractivity contribution in [2.24, 2.45) is 0 Å². The Hall–Kier alpha value is -2.44. The molecule has 0 saturated carbocycles. The van der Waals surface area contributed by atoms with Gasteiger partial charge in [0.1, 0.15) is 0 Å². The van der Waals surface area contributed by atoms with Crippen molar-refractivity contribution in [1.82, 2.24) is 5.01 Å². The first-order valence-electron chi connectivity index (χ1n) is 5.23. The van der Waals surface area contributed by atoms with E-state index in [9.17, 15) is 19.7 Å². The highest BCUT2D eigenvalue weighted by Gasteiger charge is 2.29. The molecule has 0 saturated heterocycles. The lowest BCUT2D eigenvalue weighted by molar-refractivity contribution is -0.629. The van der Waals surface area contributed by atoms with E-state index in [1.54, 1.807) is 25.1 Å². The van der Waals surface area contributed by atoms with E-state index in [4.69, 9.17) is 5.11 Å². The van der Waals surface area contributed by atoms with Crippen molar-refractivity contribution in [3.8, 4) is 0 Å². The average molecular weight is 252 g/mol. The number of hydrazine groups is 1. The fourth-order valence-electron chi connectivity index (χ4n) is 1.51. The second-order valence-corrected chi connectivity index (χ2v) is 3.51. The van der Waals surface area contributed by atoms with Gasteiger partial charge in [-0.1, -0.05) is 25.1 Å². The first-order valence-corrected chi connectivity index (χ1v) is 5.23. The molecule has 7 nitrogen and oxygen atoms in total. The lowest BCUT2D eigenvalue weighted by Gasteiger charge is -2.12. The van der Waals surface area contributed by atoms with Crippen molar-refractivity contribution in [1.29, 1.82) is 0 Å². The summed E-state index contributed by atoms with van der Waals surface area (Å²) in [5.74, 6) is -2.35. The van der Waals surface area contributed by atoms with Gasteiger partial charge in [-0.05, 0) is 23.1 Å². The van der Waals surface area contributed by atoms with Crippen LogP contribution >= 0.6 is 0 Å². The highest BCUT2D eigenvalue weighted by Crippen LogP contribution is 2.12. The standard InChI is InChI=1S/C11H12N2O5/c1-2-8-5-3-4-6-9(8)11(16)12(13(17)18)7-10(14)15/h3-6H,2,7H2,1H3,(H,14,15). The molecule has 0 atom stereocenters. The molecule has 1 aromatic rings. The van der Waals surface area contributed by atoms with E-state index in [0.717, 1.165) is 0 Å². The molecule has 7 heteroatoms. The first kappa shape index (κ1) is 13.6. The fourth-order valence-corrected chi connectivity index (χ4v) is 1.51. The Kier molecular flexibility index (Phi) is 4.36. The molecule has 0 heterocycles. The van der Waals surface area contributed by atoms with Crippen LogP contribution in [0.15, 0.2) is 24.3 Å². The molecule has 0 unspecified atom stereocenters. The van der Waals surface area contributed by atoms with E-state index in [1.807, 2.05) is 0 Å². The summed E-state index contributed by atoms with van der Waals surface area (Å²) >= 11 is 0. The number of carboxylic acids is 1. The van der Waals surface area contributed by atoms with Crippen molar-refractivity contribution in [2.75, 3.05) is 6.54 Å². The molecule has 96 valence electrons. The molecule has 1 aromatic carbocycles. The Balaban J connectivity index is 3.09. The van der Waals surface area contributed by atoms with Gasteiger partial charge in [0, 0.05) is 5.56 Å². The molecular formula is C11H12N2O5. The number of carboxylic acid groups (broad SMARTS) is 1. The number of nitrogens with zero attached hydrogens (tertiary/aromatic N) is 2. The van der Waals surface area contributed by atoms with E-state index in [0.29, 0.717) is 12.0 Å². The molecule has 1 amide bonds. The minimum absolute atomic E-state index is 0.0941. The molecule has 18 heavy (non-hydrogen) atoms. The summed E-state index contributed by atoms with van der Waals surface area (Å²) in [6.45, 7) is 0.837. The van der Waals surface area contributed by atoms with Crippen LogP contribution in [0, 0.1) is 10.1 Å². The smallest absolute Gasteiger partial charge is 0.329 e. The lowest BCUT2D eigenvalue weighted by Crippen LogP contribution is -2.40. The van der Waals surface area contributed by atoms with Gasteiger partial charge in [-0.3, -0.25) is 9.59 Å². The lowest BCUT2D eigenvalue weighted by atomic mass is 10.0. The molecule has 0 radical (unpaired) electrons. The molecule has 0 aliphatic heterocycles. The van der Waals surface area contributed by atoms with Gasteiger partial charge in [0.15, 0.2) is 11.6 Å². The van der Waals surface area contributed by atoms with Gasteiger partial charge in [-0.2, -0.15) is 0 Å². The topological polar surface area (TPSA) is 101 Å². The van der Waals surface area contributed by atoms with Crippen LogP contribution in [0.5, 0.6) is 0 Å². The van der Waals surface area contributed by atoms with Crippen LogP contribution in [-0.2, 0) is 11.2 Å². The second kappa shape index (κ2) is 5.76. The van der Waals surface area contributed by atoms with Crippen molar-refractivity contribution in [2.45, 2.75) is 13.3 Å². The number of carbonyl (C=O) groups is 2. The summed E-state index contributed by atoms with van der Waals surface area (Å²) in [6.07, 6.45) is 0.528. The Labute approximate surface area is 103 Å². The predicted octanol–water partition coefficient (Wildman–Crippen LogP) is 0.968. The van der Waals surface area contributed by atoms with E-state index < -0.39 is 23.5 Å². The largest absolute Gasteiger partial charge is 0.480 e. The SMILES string of the molecule is CCc1ccccc1C(=O)N(CC(=O)O)[N+](=O)[O-]. The van der Waals surface area contributed by atoms with E-state index in [2.05, 4.69) is 0 Å². The zero-order valence-electron chi connectivity index (χ0n) is 9.70. The summed E-state index contributed by atoms with van der Waals surface area (Å²) in [7, 11) is 0. The number of aryl methyl sites for hydroxylation is 1. The van der Waals surface area contributed by atoms with Gasteiger partial charge < -0.3 is 5.11 Å². The quantitative estimate of drug-likeness (QED) is 0.621. The second-order valence-electron chi connectivity index (χ2n) is 3.51. The van der Waals surface area contributed by atoms with Crippen LogP contribution in [0.25, 0.3) is 0 Å². The number of benzene rings is 1. The summed E-state index contributed by atoms with van der Waals surface area (Å²) < 4.78 is 0. The number of rotatable bonds is 5. The highest BCUT2D eigenvalue weighted by molar-refractivity contribution is 5.96. The average Bonchev–Trinajstić information content (AvgIpc) is 2.34. The molecule has 1 rings (SSSR count). The van der Waals surface area contributed by atoms with Crippen LogP contribution in [0.1, 0.15) is 22.8 Å². The summed E-state index contributed by atoms with van der Waals surface area (Å²) in [5.41, 5.74) is 0.790. The van der Waals surface area contributed by atoms with Gasteiger partial charge in [0.25, 0.3) is 0 Å². The molecule has 0 fully saturated rings. The third-order valence-corrected chi connectivity index (χ3v) is 2.35. The number of nitro groups is 1. The van der Waals surface area contributed by atoms with Gasteiger partial charge in [-0.15, -0.1) is 0 Å². The maximum absolute atomic E-state index is 11.9. The third-order valence-electron chi connectivity index (χ3n) is 2.35. The van der Waals surface area contributed by atoms with Crippen LogP contribution in [0.4, 0.5) is 0 Å². The normalized spacial score (nSPS) is 9.83. The van der Waals surface area contributed by atoms with Gasteiger partial charge in [-0.25, -0.2) is 10.1 Å². The summed E-state index contributed by atoms with van der Waals surface area (Å²) in [6, 6.07) is 6.40. The molecule has 0 spiro atoms. The zero-order valence-corrected chi connectivity index (χ0v) is 9.70. The maximum Gasteiger partial charge on any atom is 0.329 e. The number of hydrogen-bond donors (Lipinski definition) is 1. The number of carbonyl (C=O) groups excluding carboxylic acids is 1. The van der Waals surface area contributed by atoms with E-state index in [-0.39, 0.29) is 10.6 Å². The van der Waals surface area contributed by atoms with Gasteiger partial charge >= 0.3 is 11.9 Å². The number of amides is 1. The maximum atomic E-state index is 11.9. The van der Waals surface area contributed by atoms with Crippen LogP contribution < -0.4 is 0 Å². The Morgan fingerprint density at radius 2 is 2.00 bits per heavy atom. The molecule has 0 aliphatic carbocycles. The Bertz CT molecular complexity index is 486. The van der Waals surface area contributed by atoms with Crippen molar-refractivity contribution in [3.05, 3.63) is 45.5 Å². The monoisotopic (exact) mass is 252 g/mol. The van der Waals surface area contributed by atoms with Crippen molar-refractivity contribution >= 4 is 11.9 Å². The fraction of sp³-hybridized carbons (Fsp3) is 0.273. The van der Waals surface area contributed by atoms with Crippen LogP contribution in [0.3, 0.4) is 0 Å². The molecular weight excluding hydrogens is 240 g/mol. The number of aliphatic carboxylic acids is 1. The van der Waals surface area contributed by atoms with Crippen molar-refractivity contribution in [3.63, 3.8) is 0 Å². The highest BCUT2D eigenvalue weighted by atomic mass is 16.7. The van der Waals surface area contributed by atoms with Crippen molar-refractivity contribution < 1.29 is 19.7 Å².